The van der Waals surface area contributed by atoms with Gasteiger partial charge in [0.15, 0.2) is 6.29 Å². The van der Waals surface area contributed by atoms with Gasteiger partial charge in [-0.05, 0) is 12.8 Å². The molecule has 3 rings (SSSR count). The van der Waals surface area contributed by atoms with Crippen LogP contribution in [0.3, 0.4) is 0 Å². The van der Waals surface area contributed by atoms with Crippen molar-refractivity contribution in [3.05, 3.63) is 0 Å². The molecule has 68 valence electrons. The van der Waals surface area contributed by atoms with Gasteiger partial charge in [0, 0.05) is 0 Å². The van der Waals surface area contributed by atoms with Crippen molar-refractivity contribution in [1.82, 2.24) is 0 Å². The molecule has 0 aromatic heterocycles. The molecule has 3 atom stereocenters. The molecule has 2 aliphatic heterocycles. The van der Waals surface area contributed by atoms with Crippen molar-refractivity contribution in [3.63, 3.8) is 0 Å². The lowest BCUT2D eigenvalue weighted by Gasteiger charge is -2.33. The highest BCUT2D eigenvalue weighted by Crippen LogP contribution is 2.51. The van der Waals surface area contributed by atoms with Crippen LogP contribution in [0.25, 0.3) is 0 Å². The zero-order chi connectivity index (χ0) is 8.18. The summed E-state index contributed by atoms with van der Waals surface area (Å²) in [6.07, 6.45) is 5.47. The molecule has 1 saturated carbocycles. The number of fused-ring (bicyclic) bond motifs is 2. The summed E-state index contributed by atoms with van der Waals surface area (Å²) in [5.41, 5.74) is -0.0949. The Labute approximate surface area is 71.7 Å². The molecule has 3 unspecified atom stereocenters. The van der Waals surface area contributed by atoms with Gasteiger partial charge >= 0.3 is 0 Å². The molecular formula is C9H14O3. The van der Waals surface area contributed by atoms with Crippen LogP contribution < -0.4 is 0 Å². The van der Waals surface area contributed by atoms with Crippen LogP contribution in [0.15, 0.2) is 0 Å². The summed E-state index contributed by atoms with van der Waals surface area (Å²) in [6.45, 7) is 0. The summed E-state index contributed by atoms with van der Waals surface area (Å²) in [6, 6.07) is 0. The highest BCUT2D eigenvalue weighted by atomic mass is 16.7. The molecule has 2 saturated heterocycles. The maximum absolute atomic E-state index is 9.41. The summed E-state index contributed by atoms with van der Waals surface area (Å²) in [7, 11) is 0. The molecule has 1 spiro atoms. The van der Waals surface area contributed by atoms with Crippen molar-refractivity contribution in [3.8, 4) is 0 Å². The summed E-state index contributed by atoms with van der Waals surface area (Å²) in [4.78, 5) is 0. The fraction of sp³-hybridized carbons (Fsp3) is 1.00. The Kier molecular flexibility index (Phi) is 1.35. The van der Waals surface area contributed by atoms with Crippen molar-refractivity contribution in [2.24, 2.45) is 0 Å². The van der Waals surface area contributed by atoms with Crippen LogP contribution in [-0.4, -0.2) is 29.2 Å². The van der Waals surface area contributed by atoms with Gasteiger partial charge in [-0.15, -0.1) is 0 Å². The van der Waals surface area contributed by atoms with E-state index < -0.39 is 6.29 Å². The second-order valence-electron chi connectivity index (χ2n) is 4.16. The monoisotopic (exact) mass is 170 g/mol. The lowest BCUT2D eigenvalue weighted by Crippen LogP contribution is -2.38. The van der Waals surface area contributed by atoms with Gasteiger partial charge in [0.1, 0.15) is 17.8 Å². The van der Waals surface area contributed by atoms with E-state index in [1.165, 1.54) is 19.3 Å². The number of rotatable bonds is 0. The molecule has 12 heavy (non-hydrogen) atoms. The highest BCUT2D eigenvalue weighted by molar-refractivity contribution is 5.10. The number of hydrogen-bond donors (Lipinski definition) is 1. The Balaban J connectivity index is 1.81. The zero-order valence-corrected chi connectivity index (χ0v) is 7.03. The minimum atomic E-state index is -0.645. The van der Waals surface area contributed by atoms with E-state index in [4.69, 9.17) is 9.47 Å². The molecule has 0 aromatic carbocycles. The number of ether oxygens (including phenoxy) is 2. The summed E-state index contributed by atoms with van der Waals surface area (Å²) in [5.74, 6) is 0. The average Bonchev–Trinajstić information content (AvgIpc) is 2.80. The van der Waals surface area contributed by atoms with E-state index >= 15 is 0 Å². The Hall–Kier alpha value is -0.120. The maximum atomic E-state index is 9.41. The van der Waals surface area contributed by atoms with E-state index in [-0.39, 0.29) is 17.8 Å². The fourth-order valence-electron chi connectivity index (χ4n) is 2.69. The third-order valence-electron chi connectivity index (χ3n) is 3.38. The van der Waals surface area contributed by atoms with E-state index in [0.29, 0.717) is 0 Å². The first kappa shape index (κ1) is 7.30. The SMILES string of the molecule is OC1OC2(CCCCC2)C2OC12. The topological polar surface area (TPSA) is 42.0 Å². The van der Waals surface area contributed by atoms with Gasteiger partial charge in [-0.1, -0.05) is 19.3 Å². The normalized spacial score (nSPS) is 49.2. The summed E-state index contributed by atoms with van der Waals surface area (Å²) in [5, 5.41) is 9.41. The molecule has 3 fully saturated rings. The number of epoxide rings is 1. The Morgan fingerprint density at radius 2 is 1.92 bits per heavy atom. The smallest absolute Gasteiger partial charge is 0.184 e. The lowest BCUT2D eigenvalue weighted by molar-refractivity contribution is -0.196. The van der Waals surface area contributed by atoms with Crippen LogP contribution in [0.1, 0.15) is 32.1 Å². The van der Waals surface area contributed by atoms with Gasteiger partial charge < -0.3 is 14.6 Å². The van der Waals surface area contributed by atoms with Gasteiger partial charge in [-0.2, -0.15) is 0 Å². The van der Waals surface area contributed by atoms with Crippen LogP contribution in [0.2, 0.25) is 0 Å². The first-order valence-electron chi connectivity index (χ1n) is 4.83. The molecule has 3 heteroatoms. The predicted octanol–water partition coefficient (Wildman–Crippen LogP) is 0.805. The standard InChI is InChI=1S/C9H14O3/c10-8-6-7(11-6)9(12-8)4-2-1-3-5-9/h6-8,10H,1-5H2. The third kappa shape index (κ3) is 0.817. The Morgan fingerprint density at radius 3 is 2.42 bits per heavy atom. The quantitative estimate of drug-likeness (QED) is 0.547. The van der Waals surface area contributed by atoms with E-state index in [0.717, 1.165) is 12.8 Å². The molecule has 3 aliphatic rings. The number of hydrogen-bond acceptors (Lipinski definition) is 3. The van der Waals surface area contributed by atoms with Gasteiger partial charge in [0.25, 0.3) is 0 Å². The molecule has 3 nitrogen and oxygen atoms in total. The molecule has 2 heterocycles. The number of aliphatic hydroxyl groups is 1. The first-order valence-corrected chi connectivity index (χ1v) is 4.83. The zero-order valence-electron chi connectivity index (χ0n) is 7.03. The molecule has 0 bridgehead atoms. The maximum Gasteiger partial charge on any atom is 0.184 e. The molecule has 1 N–H and O–H groups in total. The summed E-state index contributed by atoms with van der Waals surface area (Å²) < 4.78 is 11.0. The molecule has 0 amide bonds. The first-order chi connectivity index (χ1) is 5.82. The molecule has 0 radical (unpaired) electrons. The van der Waals surface area contributed by atoms with E-state index in [1.54, 1.807) is 0 Å². The average molecular weight is 170 g/mol. The van der Waals surface area contributed by atoms with E-state index in [9.17, 15) is 5.11 Å². The second kappa shape index (κ2) is 2.22. The fourth-order valence-corrected chi connectivity index (χ4v) is 2.69. The van der Waals surface area contributed by atoms with Gasteiger partial charge in [0.05, 0.1) is 0 Å². The van der Waals surface area contributed by atoms with E-state index in [2.05, 4.69) is 0 Å². The van der Waals surface area contributed by atoms with Gasteiger partial charge in [-0.25, -0.2) is 0 Å². The van der Waals surface area contributed by atoms with Crippen LogP contribution in [0.5, 0.6) is 0 Å². The van der Waals surface area contributed by atoms with Crippen molar-refractivity contribution >= 4 is 0 Å². The third-order valence-corrected chi connectivity index (χ3v) is 3.38. The molecule has 0 aromatic rings. The van der Waals surface area contributed by atoms with Crippen molar-refractivity contribution in [1.29, 1.82) is 0 Å². The highest BCUT2D eigenvalue weighted by Gasteiger charge is 2.65. The minimum absolute atomic E-state index is 0.00287. The molecular weight excluding hydrogens is 156 g/mol. The molecule has 1 aliphatic carbocycles. The largest absolute Gasteiger partial charge is 0.366 e. The number of aliphatic hydroxyl groups excluding tert-OH is 1. The predicted molar refractivity (Wildman–Crippen MR) is 41.6 cm³/mol. The van der Waals surface area contributed by atoms with Crippen LogP contribution >= 0.6 is 0 Å². The summed E-state index contributed by atoms with van der Waals surface area (Å²) >= 11 is 0. The van der Waals surface area contributed by atoms with E-state index in [1.807, 2.05) is 0 Å². The van der Waals surface area contributed by atoms with Crippen molar-refractivity contribution < 1.29 is 14.6 Å². The Bertz CT molecular complexity index is 198. The van der Waals surface area contributed by atoms with Crippen LogP contribution in [-0.2, 0) is 9.47 Å². The van der Waals surface area contributed by atoms with Gasteiger partial charge in [0.2, 0.25) is 0 Å². The minimum Gasteiger partial charge on any atom is -0.366 e. The van der Waals surface area contributed by atoms with Gasteiger partial charge in [-0.3, -0.25) is 0 Å². The van der Waals surface area contributed by atoms with Crippen molar-refractivity contribution in [2.45, 2.75) is 56.2 Å². The van der Waals surface area contributed by atoms with Crippen LogP contribution in [0.4, 0.5) is 0 Å². The van der Waals surface area contributed by atoms with Crippen molar-refractivity contribution in [2.75, 3.05) is 0 Å². The Morgan fingerprint density at radius 1 is 1.17 bits per heavy atom. The van der Waals surface area contributed by atoms with Crippen LogP contribution in [0, 0.1) is 0 Å². The lowest BCUT2D eigenvalue weighted by atomic mass is 9.82. The second-order valence-corrected chi connectivity index (χ2v) is 4.16.